The second kappa shape index (κ2) is 4.64. The Morgan fingerprint density at radius 3 is 2.68 bits per heavy atom. The average molecular weight is 264 g/mol. The summed E-state index contributed by atoms with van der Waals surface area (Å²) in [7, 11) is 1.23. The highest BCUT2D eigenvalue weighted by Crippen LogP contribution is 2.34. The number of carbonyl (C=O) groups excluding carboxylic acids is 1. The van der Waals surface area contributed by atoms with Crippen LogP contribution in [-0.4, -0.2) is 23.3 Å². The number of aromatic hydroxyl groups is 2. The van der Waals surface area contributed by atoms with Crippen LogP contribution in [0.4, 0.5) is 0 Å². The molecule has 2 aromatic rings. The molecule has 0 bridgehead atoms. The van der Waals surface area contributed by atoms with Gasteiger partial charge in [-0.25, -0.2) is 4.79 Å². The van der Waals surface area contributed by atoms with Crippen molar-refractivity contribution in [1.82, 2.24) is 0 Å². The van der Waals surface area contributed by atoms with E-state index in [1.807, 2.05) is 0 Å². The molecule has 19 heavy (non-hydrogen) atoms. The molecule has 2 rings (SSSR count). The zero-order chi connectivity index (χ0) is 14.2. The molecule has 6 nitrogen and oxygen atoms in total. The van der Waals surface area contributed by atoms with E-state index < -0.39 is 17.3 Å². The summed E-state index contributed by atoms with van der Waals surface area (Å²) in [6.45, 7) is 1.63. The van der Waals surface area contributed by atoms with Crippen molar-refractivity contribution in [1.29, 1.82) is 0 Å². The summed E-state index contributed by atoms with van der Waals surface area (Å²) in [5.74, 6) is -1.43. The first kappa shape index (κ1) is 12.9. The predicted octanol–water partition coefficient (Wildman–Crippen LogP) is 1.23. The predicted molar refractivity (Wildman–Crippen MR) is 66.3 cm³/mol. The first-order valence-corrected chi connectivity index (χ1v) is 5.49. The van der Waals surface area contributed by atoms with Gasteiger partial charge in [0.15, 0.2) is 11.3 Å². The molecule has 0 amide bonds. The number of ether oxygens (including phenoxy) is 1. The third-order valence-electron chi connectivity index (χ3n) is 2.96. The van der Waals surface area contributed by atoms with Crippen molar-refractivity contribution in [2.24, 2.45) is 0 Å². The van der Waals surface area contributed by atoms with Crippen LogP contribution in [0.2, 0.25) is 0 Å². The van der Waals surface area contributed by atoms with Gasteiger partial charge < -0.3 is 19.4 Å². The minimum Gasteiger partial charge on any atom is -0.504 e. The number of phenolic OH excluding ortho intramolecular Hbond substituents is 2. The fraction of sp³-hybridized carbons (Fsp3) is 0.231. The molecule has 0 saturated carbocycles. The zero-order valence-corrected chi connectivity index (χ0v) is 10.4. The molecule has 0 radical (unpaired) electrons. The largest absolute Gasteiger partial charge is 0.504 e. The van der Waals surface area contributed by atoms with Crippen LogP contribution in [0.5, 0.6) is 11.5 Å². The summed E-state index contributed by atoms with van der Waals surface area (Å²) in [6, 6.07) is 2.79. The van der Waals surface area contributed by atoms with Crippen LogP contribution >= 0.6 is 0 Å². The lowest BCUT2D eigenvalue weighted by Gasteiger charge is -2.08. The maximum Gasteiger partial charge on any atom is 0.340 e. The molecule has 1 heterocycles. The third-order valence-corrected chi connectivity index (χ3v) is 2.96. The standard InChI is InChI=1S/C13H12O6/c1-6-7-3-4-9(14)11(16)12(7)19-13(17)8(6)5-10(15)18-2/h3-4,14,16H,5H2,1-2H3. The minimum absolute atomic E-state index is 0.101. The Morgan fingerprint density at radius 2 is 2.05 bits per heavy atom. The molecular weight excluding hydrogens is 252 g/mol. The van der Waals surface area contributed by atoms with E-state index in [2.05, 4.69) is 4.74 Å². The molecule has 0 fully saturated rings. The summed E-state index contributed by atoms with van der Waals surface area (Å²) in [5, 5.41) is 19.5. The SMILES string of the molecule is COC(=O)Cc1c(C)c2ccc(O)c(O)c2oc1=O. The molecule has 0 spiro atoms. The smallest absolute Gasteiger partial charge is 0.340 e. The highest BCUT2D eigenvalue weighted by Gasteiger charge is 2.18. The van der Waals surface area contributed by atoms with E-state index >= 15 is 0 Å². The van der Waals surface area contributed by atoms with E-state index in [1.54, 1.807) is 6.92 Å². The second-order valence-corrected chi connectivity index (χ2v) is 4.06. The lowest BCUT2D eigenvalue weighted by molar-refractivity contribution is -0.139. The Balaban J connectivity index is 2.73. The number of benzene rings is 1. The van der Waals surface area contributed by atoms with Gasteiger partial charge in [-0.05, 0) is 24.6 Å². The normalized spacial score (nSPS) is 10.6. The van der Waals surface area contributed by atoms with Crippen LogP contribution in [0.3, 0.4) is 0 Å². The maximum atomic E-state index is 11.8. The first-order valence-electron chi connectivity index (χ1n) is 5.49. The van der Waals surface area contributed by atoms with E-state index in [1.165, 1.54) is 19.2 Å². The van der Waals surface area contributed by atoms with Gasteiger partial charge in [0.1, 0.15) is 0 Å². The molecule has 1 aromatic heterocycles. The number of hydrogen-bond donors (Lipinski definition) is 2. The van der Waals surface area contributed by atoms with Gasteiger partial charge >= 0.3 is 11.6 Å². The number of rotatable bonds is 2. The lowest BCUT2D eigenvalue weighted by Crippen LogP contribution is -2.16. The topological polar surface area (TPSA) is 97.0 Å². The quantitative estimate of drug-likeness (QED) is 0.481. The molecule has 6 heteroatoms. The number of methoxy groups -OCH3 is 1. The monoisotopic (exact) mass is 264 g/mol. The van der Waals surface area contributed by atoms with Crippen molar-refractivity contribution < 1.29 is 24.2 Å². The Kier molecular flexibility index (Phi) is 3.16. The van der Waals surface area contributed by atoms with Crippen LogP contribution in [0, 0.1) is 6.92 Å². The molecule has 0 aliphatic rings. The van der Waals surface area contributed by atoms with Crippen molar-refractivity contribution in [3.05, 3.63) is 33.7 Å². The zero-order valence-electron chi connectivity index (χ0n) is 10.4. The van der Waals surface area contributed by atoms with E-state index in [4.69, 9.17) is 4.42 Å². The van der Waals surface area contributed by atoms with Crippen LogP contribution in [0.25, 0.3) is 11.0 Å². The molecule has 100 valence electrons. The average Bonchev–Trinajstić information content (AvgIpc) is 2.39. The summed E-state index contributed by atoms with van der Waals surface area (Å²) in [6.07, 6.45) is -0.206. The number of phenols is 2. The summed E-state index contributed by atoms with van der Waals surface area (Å²) in [5.41, 5.74) is -0.163. The fourth-order valence-corrected chi connectivity index (χ4v) is 1.85. The molecule has 0 saturated heterocycles. The van der Waals surface area contributed by atoms with Crippen LogP contribution in [-0.2, 0) is 16.0 Å². The van der Waals surface area contributed by atoms with Crippen molar-refractivity contribution in [3.8, 4) is 11.5 Å². The van der Waals surface area contributed by atoms with Crippen molar-refractivity contribution in [2.45, 2.75) is 13.3 Å². The van der Waals surface area contributed by atoms with E-state index in [0.717, 1.165) is 0 Å². The van der Waals surface area contributed by atoms with Gasteiger partial charge in [0, 0.05) is 5.39 Å². The van der Waals surface area contributed by atoms with Crippen molar-refractivity contribution in [2.75, 3.05) is 7.11 Å². The van der Waals surface area contributed by atoms with Gasteiger partial charge in [-0.3, -0.25) is 4.79 Å². The Hall–Kier alpha value is -2.50. The van der Waals surface area contributed by atoms with Gasteiger partial charge in [0.2, 0.25) is 5.75 Å². The van der Waals surface area contributed by atoms with Crippen LogP contribution < -0.4 is 5.63 Å². The summed E-state index contributed by atoms with van der Waals surface area (Å²) >= 11 is 0. The summed E-state index contributed by atoms with van der Waals surface area (Å²) in [4.78, 5) is 23.1. The number of carbonyl (C=O) groups is 1. The van der Waals surface area contributed by atoms with Crippen molar-refractivity contribution in [3.63, 3.8) is 0 Å². The van der Waals surface area contributed by atoms with Gasteiger partial charge in [0.25, 0.3) is 0 Å². The van der Waals surface area contributed by atoms with Crippen LogP contribution in [0.1, 0.15) is 11.1 Å². The number of hydrogen-bond acceptors (Lipinski definition) is 6. The number of aryl methyl sites for hydroxylation is 1. The molecule has 2 N–H and O–H groups in total. The number of fused-ring (bicyclic) bond motifs is 1. The first-order chi connectivity index (χ1) is 8.95. The fourth-order valence-electron chi connectivity index (χ4n) is 1.85. The Morgan fingerprint density at radius 1 is 1.37 bits per heavy atom. The molecule has 0 unspecified atom stereocenters. The highest BCUT2D eigenvalue weighted by molar-refractivity contribution is 5.88. The third kappa shape index (κ3) is 2.12. The highest BCUT2D eigenvalue weighted by atomic mass is 16.5. The Labute approximate surface area is 107 Å². The number of esters is 1. The molecule has 0 aliphatic heterocycles. The summed E-state index contributed by atoms with van der Waals surface area (Å²) < 4.78 is 9.47. The van der Waals surface area contributed by atoms with Gasteiger partial charge in [-0.15, -0.1) is 0 Å². The van der Waals surface area contributed by atoms with Crippen LogP contribution in [0.15, 0.2) is 21.3 Å². The molecule has 0 aliphatic carbocycles. The molecule has 1 aromatic carbocycles. The van der Waals surface area contributed by atoms with E-state index in [0.29, 0.717) is 10.9 Å². The minimum atomic E-state index is -0.740. The van der Waals surface area contributed by atoms with Gasteiger partial charge in [-0.1, -0.05) is 0 Å². The van der Waals surface area contributed by atoms with Gasteiger partial charge in [0.05, 0.1) is 19.1 Å². The maximum absolute atomic E-state index is 11.8. The Bertz CT molecular complexity index is 713. The lowest BCUT2D eigenvalue weighted by atomic mass is 10.0. The molecular formula is C13H12O6. The van der Waals surface area contributed by atoms with Crippen molar-refractivity contribution >= 4 is 16.9 Å². The van der Waals surface area contributed by atoms with Gasteiger partial charge in [-0.2, -0.15) is 0 Å². The molecule has 0 atom stereocenters. The van der Waals surface area contributed by atoms with E-state index in [-0.39, 0.29) is 23.3 Å². The second-order valence-electron chi connectivity index (χ2n) is 4.06. The van der Waals surface area contributed by atoms with E-state index in [9.17, 15) is 19.8 Å².